The highest BCUT2D eigenvalue weighted by Crippen LogP contribution is 2.47. The summed E-state index contributed by atoms with van der Waals surface area (Å²) >= 11 is 6.00. The maximum absolute atomic E-state index is 11.9. The second-order valence-corrected chi connectivity index (χ2v) is 7.31. The molecule has 3 N–H and O–H groups in total. The van der Waals surface area contributed by atoms with Crippen molar-refractivity contribution in [2.45, 2.75) is 19.3 Å². The van der Waals surface area contributed by atoms with Crippen molar-refractivity contribution in [3.05, 3.63) is 35.0 Å². The predicted octanol–water partition coefficient (Wildman–Crippen LogP) is 2.03. The number of rotatable bonds is 4. The SMILES string of the molecule is O=C(O)/C=C(/C(=O)O)C1CN(c2cccc(Cl)n2)CCC12CCNCC2. The average Bonchev–Trinajstić information content (AvgIpc) is 2.61. The summed E-state index contributed by atoms with van der Waals surface area (Å²) in [6, 6.07) is 5.33. The zero-order valence-electron chi connectivity index (χ0n) is 14.3. The van der Waals surface area contributed by atoms with E-state index in [9.17, 15) is 19.8 Å². The number of pyridine rings is 1. The van der Waals surface area contributed by atoms with Gasteiger partial charge >= 0.3 is 11.9 Å². The van der Waals surface area contributed by atoms with Gasteiger partial charge in [0, 0.05) is 30.7 Å². The summed E-state index contributed by atoms with van der Waals surface area (Å²) in [5, 5.41) is 22.5. The molecule has 2 aliphatic heterocycles. The molecule has 1 aromatic rings. The molecule has 8 heteroatoms. The van der Waals surface area contributed by atoms with Crippen LogP contribution in [0.25, 0.3) is 0 Å². The number of nitrogens with one attached hydrogen (secondary N) is 1. The van der Waals surface area contributed by atoms with E-state index in [0.717, 1.165) is 45.0 Å². The average molecular weight is 380 g/mol. The molecule has 1 atom stereocenters. The maximum Gasteiger partial charge on any atom is 0.332 e. The topological polar surface area (TPSA) is 103 Å². The van der Waals surface area contributed by atoms with Crippen LogP contribution in [0.1, 0.15) is 19.3 Å². The standard InChI is InChI=1S/C18H22ClN3O4/c19-14-2-1-3-15(21-14)22-9-6-18(4-7-20-8-5-18)13(11-22)12(17(25)26)10-16(23)24/h1-3,10,13,20H,4-9,11H2,(H,23,24)(H,25,26)/b12-10+. The van der Waals surface area contributed by atoms with Crippen molar-refractivity contribution in [3.8, 4) is 0 Å². The van der Waals surface area contributed by atoms with E-state index in [1.54, 1.807) is 12.1 Å². The van der Waals surface area contributed by atoms with Gasteiger partial charge in [-0.15, -0.1) is 0 Å². The smallest absolute Gasteiger partial charge is 0.332 e. The number of anilines is 1. The highest BCUT2D eigenvalue weighted by Gasteiger charge is 2.47. The van der Waals surface area contributed by atoms with Crippen LogP contribution in [-0.2, 0) is 9.59 Å². The third kappa shape index (κ3) is 3.83. The number of hydrogen-bond acceptors (Lipinski definition) is 5. The number of piperidine rings is 2. The molecule has 0 aliphatic carbocycles. The lowest BCUT2D eigenvalue weighted by Gasteiger charge is -2.50. The van der Waals surface area contributed by atoms with Crippen LogP contribution in [0.5, 0.6) is 0 Å². The Morgan fingerprint density at radius 2 is 2.00 bits per heavy atom. The van der Waals surface area contributed by atoms with Gasteiger partial charge in [-0.3, -0.25) is 0 Å². The summed E-state index contributed by atoms with van der Waals surface area (Å²) in [5.41, 5.74) is -0.244. The number of aliphatic carboxylic acids is 2. The molecule has 3 heterocycles. The molecule has 1 unspecified atom stereocenters. The number of aromatic nitrogens is 1. The van der Waals surface area contributed by atoms with Crippen LogP contribution in [0, 0.1) is 11.3 Å². The van der Waals surface area contributed by atoms with Gasteiger partial charge < -0.3 is 20.4 Å². The van der Waals surface area contributed by atoms with E-state index in [1.807, 2.05) is 11.0 Å². The summed E-state index contributed by atoms with van der Waals surface area (Å²) in [6.07, 6.45) is 3.31. The lowest BCUT2D eigenvalue weighted by molar-refractivity contribution is -0.136. The molecule has 2 fully saturated rings. The Morgan fingerprint density at radius 1 is 1.27 bits per heavy atom. The van der Waals surface area contributed by atoms with Gasteiger partial charge in [-0.1, -0.05) is 17.7 Å². The molecule has 1 aromatic heterocycles. The molecule has 0 saturated carbocycles. The minimum atomic E-state index is -1.23. The van der Waals surface area contributed by atoms with Crippen LogP contribution in [0.15, 0.2) is 29.8 Å². The molecule has 140 valence electrons. The Morgan fingerprint density at radius 3 is 2.62 bits per heavy atom. The summed E-state index contributed by atoms with van der Waals surface area (Å²) in [5.74, 6) is -2.10. The first-order chi connectivity index (χ1) is 12.4. The van der Waals surface area contributed by atoms with Crippen LogP contribution in [0.2, 0.25) is 5.15 Å². The molecular formula is C18H22ClN3O4. The lowest BCUT2D eigenvalue weighted by Crippen LogP contribution is -2.53. The maximum atomic E-state index is 11.9. The van der Waals surface area contributed by atoms with Gasteiger partial charge in [0.15, 0.2) is 0 Å². The minimum Gasteiger partial charge on any atom is -0.478 e. The first-order valence-corrected chi connectivity index (χ1v) is 9.05. The Labute approximate surface area is 156 Å². The van der Waals surface area contributed by atoms with Crippen molar-refractivity contribution in [3.63, 3.8) is 0 Å². The van der Waals surface area contributed by atoms with Crippen LogP contribution in [0.3, 0.4) is 0 Å². The Balaban J connectivity index is 1.97. The van der Waals surface area contributed by atoms with Crippen molar-refractivity contribution in [1.29, 1.82) is 0 Å². The van der Waals surface area contributed by atoms with Gasteiger partial charge in [-0.05, 0) is 49.9 Å². The molecule has 26 heavy (non-hydrogen) atoms. The Kier molecular flexibility index (Phi) is 5.48. The van der Waals surface area contributed by atoms with Crippen LogP contribution >= 0.6 is 11.6 Å². The van der Waals surface area contributed by atoms with Crippen molar-refractivity contribution < 1.29 is 19.8 Å². The van der Waals surface area contributed by atoms with Gasteiger partial charge in [0.05, 0.1) is 0 Å². The van der Waals surface area contributed by atoms with Crippen LogP contribution < -0.4 is 10.2 Å². The summed E-state index contributed by atoms with van der Waals surface area (Å²) < 4.78 is 0. The number of nitrogens with zero attached hydrogens (tertiary/aromatic N) is 2. The van der Waals surface area contributed by atoms with E-state index < -0.39 is 11.9 Å². The third-order valence-corrected chi connectivity index (χ3v) is 5.76. The third-order valence-electron chi connectivity index (χ3n) is 5.55. The second-order valence-electron chi connectivity index (χ2n) is 6.92. The van der Waals surface area contributed by atoms with E-state index >= 15 is 0 Å². The van der Waals surface area contributed by atoms with E-state index in [-0.39, 0.29) is 16.9 Å². The number of carboxylic acids is 2. The fraction of sp³-hybridized carbons (Fsp3) is 0.500. The molecule has 2 aliphatic rings. The zero-order valence-corrected chi connectivity index (χ0v) is 15.1. The van der Waals surface area contributed by atoms with E-state index in [0.29, 0.717) is 17.5 Å². The molecule has 0 radical (unpaired) electrons. The fourth-order valence-electron chi connectivity index (χ4n) is 4.21. The molecule has 7 nitrogen and oxygen atoms in total. The fourth-order valence-corrected chi connectivity index (χ4v) is 4.37. The Hall–Kier alpha value is -2.12. The van der Waals surface area contributed by atoms with E-state index in [1.165, 1.54) is 0 Å². The Bertz CT molecular complexity index is 731. The first-order valence-electron chi connectivity index (χ1n) is 8.67. The van der Waals surface area contributed by atoms with Gasteiger partial charge in [-0.25, -0.2) is 14.6 Å². The second kappa shape index (κ2) is 7.63. The number of halogens is 1. The van der Waals surface area contributed by atoms with Gasteiger partial charge in [0.1, 0.15) is 11.0 Å². The van der Waals surface area contributed by atoms with Crippen molar-refractivity contribution in [2.24, 2.45) is 11.3 Å². The highest BCUT2D eigenvalue weighted by molar-refractivity contribution is 6.29. The van der Waals surface area contributed by atoms with Crippen molar-refractivity contribution in [2.75, 3.05) is 31.1 Å². The predicted molar refractivity (Wildman–Crippen MR) is 97.5 cm³/mol. The largest absolute Gasteiger partial charge is 0.478 e. The first kappa shape index (κ1) is 18.7. The van der Waals surface area contributed by atoms with Crippen molar-refractivity contribution in [1.82, 2.24) is 10.3 Å². The van der Waals surface area contributed by atoms with E-state index in [2.05, 4.69) is 10.3 Å². The molecule has 0 aromatic carbocycles. The van der Waals surface area contributed by atoms with Gasteiger partial charge in [0.25, 0.3) is 0 Å². The van der Waals surface area contributed by atoms with E-state index in [4.69, 9.17) is 11.6 Å². The molecule has 0 bridgehead atoms. The number of hydrogen-bond donors (Lipinski definition) is 3. The molecule has 3 rings (SSSR count). The quantitative estimate of drug-likeness (QED) is 0.543. The summed E-state index contributed by atoms with van der Waals surface area (Å²) in [6.45, 7) is 2.78. The molecular weight excluding hydrogens is 358 g/mol. The van der Waals surface area contributed by atoms with Crippen LogP contribution in [0.4, 0.5) is 5.82 Å². The molecule has 0 amide bonds. The monoisotopic (exact) mass is 379 g/mol. The van der Waals surface area contributed by atoms with Gasteiger partial charge in [0.2, 0.25) is 0 Å². The number of carboxylic acid groups (broad SMARTS) is 2. The summed E-state index contributed by atoms with van der Waals surface area (Å²) in [4.78, 5) is 29.4. The van der Waals surface area contributed by atoms with Gasteiger partial charge in [-0.2, -0.15) is 0 Å². The lowest BCUT2D eigenvalue weighted by atomic mass is 9.62. The zero-order chi connectivity index (χ0) is 18.7. The molecule has 1 spiro atoms. The van der Waals surface area contributed by atoms with Crippen LogP contribution in [-0.4, -0.2) is 53.3 Å². The summed E-state index contributed by atoms with van der Waals surface area (Å²) in [7, 11) is 0. The number of carbonyl (C=O) groups is 2. The van der Waals surface area contributed by atoms with Crippen molar-refractivity contribution >= 4 is 29.4 Å². The minimum absolute atomic E-state index is 0.0360. The normalized spacial score (nSPS) is 23.0. The highest BCUT2D eigenvalue weighted by atomic mass is 35.5. The molecule has 2 saturated heterocycles.